The number of halogens is 1. The van der Waals surface area contributed by atoms with E-state index in [9.17, 15) is 14.3 Å². The van der Waals surface area contributed by atoms with E-state index in [1.54, 1.807) is 17.6 Å². The van der Waals surface area contributed by atoms with Gasteiger partial charge in [-0.25, -0.2) is 9.37 Å². The minimum atomic E-state index is -0.767. The summed E-state index contributed by atoms with van der Waals surface area (Å²) in [6.07, 6.45) is 12.8. The number of benzene rings is 1. The molecule has 0 spiro atoms. The number of rotatable bonds is 9. The molecular weight excluding hydrogens is 471 g/mol. The van der Waals surface area contributed by atoms with Gasteiger partial charge in [0.1, 0.15) is 5.82 Å². The minimum Gasteiger partial charge on any atom is -0.504 e. The van der Waals surface area contributed by atoms with E-state index in [0.717, 1.165) is 21.6 Å². The molecule has 186 valence electrons. The Balaban J connectivity index is 2.23. The lowest BCUT2D eigenvalue weighted by Gasteiger charge is -2.21. The van der Waals surface area contributed by atoms with Crippen LogP contribution >= 0.6 is 11.3 Å². The lowest BCUT2D eigenvalue weighted by molar-refractivity contribution is 0.433. The standard InChI is InChI=1S/C30H31FN2O2S/c1-7-21(14-13-19(4)5)15-17-33-29(24-11-10-12-25(31)28(24)34)32-20(6)27(30(33)35)22(8-2)23-16-18-36-26(23)9-3/h3,7,10-14,16,18,22,34H,4,8,15,17H2,1-2,5-6H3/b14-13-,21-7+. The molecule has 0 amide bonds. The van der Waals surface area contributed by atoms with Crippen LogP contribution < -0.4 is 5.56 Å². The minimum absolute atomic E-state index is 0.175. The van der Waals surface area contributed by atoms with Crippen molar-refractivity contribution in [3.63, 3.8) is 0 Å². The molecule has 0 fully saturated rings. The summed E-state index contributed by atoms with van der Waals surface area (Å²) in [5, 5.41) is 12.4. The lowest BCUT2D eigenvalue weighted by atomic mass is 9.89. The Bertz CT molecular complexity index is 1440. The zero-order valence-electron chi connectivity index (χ0n) is 21.1. The number of aryl methyl sites for hydroxylation is 1. The van der Waals surface area contributed by atoms with Crippen LogP contribution in [0.25, 0.3) is 11.4 Å². The van der Waals surface area contributed by atoms with E-state index in [-0.39, 0.29) is 22.9 Å². The third-order valence-corrected chi connectivity index (χ3v) is 7.02. The van der Waals surface area contributed by atoms with Gasteiger partial charge in [-0.05, 0) is 62.8 Å². The van der Waals surface area contributed by atoms with Crippen molar-refractivity contribution in [3.8, 4) is 29.5 Å². The Hall–Kier alpha value is -3.69. The number of terminal acetylenes is 1. The fourth-order valence-electron chi connectivity index (χ4n) is 4.29. The zero-order valence-corrected chi connectivity index (χ0v) is 22.0. The van der Waals surface area contributed by atoms with Crippen molar-refractivity contribution >= 4 is 11.3 Å². The number of para-hydroxylation sites is 1. The number of aromatic nitrogens is 2. The van der Waals surface area contributed by atoms with Gasteiger partial charge in [0.05, 0.1) is 10.4 Å². The number of phenolic OH excluding ortho intramolecular Hbond substituents is 1. The second kappa shape index (κ2) is 11.8. The first-order valence-corrected chi connectivity index (χ1v) is 12.7. The maximum absolute atomic E-state index is 14.3. The van der Waals surface area contributed by atoms with Gasteiger partial charge in [-0.15, -0.1) is 17.8 Å². The molecule has 4 nitrogen and oxygen atoms in total. The van der Waals surface area contributed by atoms with Crippen molar-refractivity contribution in [1.29, 1.82) is 0 Å². The molecule has 0 aliphatic rings. The summed E-state index contributed by atoms with van der Waals surface area (Å²) in [5.41, 5.74) is 3.91. The Morgan fingerprint density at radius 2 is 2.11 bits per heavy atom. The van der Waals surface area contributed by atoms with E-state index in [1.807, 2.05) is 50.4 Å². The van der Waals surface area contributed by atoms with Gasteiger partial charge in [0.2, 0.25) is 0 Å². The van der Waals surface area contributed by atoms with E-state index in [1.165, 1.54) is 23.5 Å². The fraction of sp³-hybridized carbons (Fsp3) is 0.267. The molecule has 2 aromatic heterocycles. The van der Waals surface area contributed by atoms with Crippen LogP contribution in [0.2, 0.25) is 0 Å². The molecule has 0 bridgehead atoms. The monoisotopic (exact) mass is 502 g/mol. The molecule has 2 heterocycles. The van der Waals surface area contributed by atoms with Gasteiger partial charge >= 0.3 is 0 Å². The summed E-state index contributed by atoms with van der Waals surface area (Å²) in [6, 6.07) is 6.20. The number of phenols is 1. The van der Waals surface area contributed by atoms with Gasteiger partial charge in [0.15, 0.2) is 11.6 Å². The van der Waals surface area contributed by atoms with Crippen molar-refractivity contribution in [2.45, 2.75) is 53.0 Å². The SMILES string of the molecule is C#Cc1sccc1C(CC)c1c(C)nc(-c2cccc(F)c2O)n(CCC(/C=C\C(=C)C)=C/C)c1=O. The van der Waals surface area contributed by atoms with E-state index >= 15 is 0 Å². The number of thiophene rings is 1. The summed E-state index contributed by atoms with van der Waals surface area (Å²) < 4.78 is 15.8. The van der Waals surface area contributed by atoms with Crippen LogP contribution in [0.5, 0.6) is 5.75 Å². The number of nitrogens with zero attached hydrogens (tertiary/aromatic N) is 2. The third kappa shape index (κ3) is 5.58. The van der Waals surface area contributed by atoms with Crippen molar-refractivity contribution in [2.75, 3.05) is 0 Å². The van der Waals surface area contributed by atoms with Gasteiger partial charge < -0.3 is 5.11 Å². The Morgan fingerprint density at radius 1 is 1.36 bits per heavy atom. The first-order chi connectivity index (χ1) is 17.2. The van der Waals surface area contributed by atoms with Crippen molar-refractivity contribution in [3.05, 3.63) is 103 Å². The summed E-state index contributed by atoms with van der Waals surface area (Å²) in [4.78, 5) is 19.6. The summed E-state index contributed by atoms with van der Waals surface area (Å²) in [6.45, 7) is 11.8. The molecular formula is C30H31FN2O2S. The van der Waals surface area contributed by atoms with Crippen LogP contribution in [0.15, 0.2) is 70.4 Å². The molecule has 0 saturated heterocycles. The quantitative estimate of drug-likeness (QED) is 0.250. The van der Waals surface area contributed by atoms with Gasteiger partial charge in [-0.1, -0.05) is 54.9 Å². The van der Waals surface area contributed by atoms with Crippen molar-refractivity contribution in [2.24, 2.45) is 0 Å². The van der Waals surface area contributed by atoms with E-state index in [2.05, 4.69) is 12.5 Å². The number of hydrogen-bond acceptors (Lipinski definition) is 4. The Labute approximate surface area is 216 Å². The molecule has 0 aliphatic carbocycles. The largest absolute Gasteiger partial charge is 0.504 e. The van der Waals surface area contributed by atoms with E-state index < -0.39 is 11.6 Å². The molecule has 0 radical (unpaired) electrons. The predicted octanol–water partition coefficient (Wildman–Crippen LogP) is 7.12. The normalized spacial score (nSPS) is 12.6. The number of aromatic hydroxyl groups is 1. The topological polar surface area (TPSA) is 55.1 Å². The second-order valence-electron chi connectivity index (χ2n) is 8.63. The molecule has 3 rings (SSSR count). The zero-order chi connectivity index (χ0) is 26.4. The molecule has 1 aromatic carbocycles. The first-order valence-electron chi connectivity index (χ1n) is 11.8. The Morgan fingerprint density at radius 3 is 2.75 bits per heavy atom. The second-order valence-corrected chi connectivity index (χ2v) is 9.55. The summed E-state index contributed by atoms with van der Waals surface area (Å²) in [7, 11) is 0. The van der Waals surface area contributed by atoms with Crippen LogP contribution in [-0.4, -0.2) is 14.7 Å². The van der Waals surface area contributed by atoms with Crippen LogP contribution in [0.4, 0.5) is 4.39 Å². The first kappa shape index (κ1) is 26.9. The highest BCUT2D eigenvalue weighted by atomic mass is 32.1. The summed E-state index contributed by atoms with van der Waals surface area (Å²) >= 11 is 1.47. The van der Waals surface area contributed by atoms with Gasteiger partial charge in [0.25, 0.3) is 5.56 Å². The van der Waals surface area contributed by atoms with Crippen LogP contribution in [-0.2, 0) is 6.54 Å². The van der Waals surface area contributed by atoms with Gasteiger partial charge in [-0.2, -0.15) is 0 Å². The average molecular weight is 503 g/mol. The highest BCUT2D eigenvalue weighted by Gasteiger charge is 2.26. The molecule has 0 saturated carbocycles. The summed E-state index contributed by atoms with van der Waals surface area (Å²) in [5.74, 6) is 1.43. The smallest absolute Gasteiger partial charge is 0.257 e. The molecule has 36 heavy (non-hydrogen) atoms. The molecule has 6 heteroatoms. The van der Waals surface area contributed by atoms with E-state index in [4.69, 9.17) is 11.4 Å². The highest BCUT2D eigenvalue weighted by Crippen LogP contribution is 2.35. The number of allylic oxidation sites excluding steroid dienone is 5. The third-order valence-electron chi connectivity index (χ3n) is 6.16. The lowest BCUT2D eigenvalue weighted by Crippen LogP contribution is -2.30. The van der Waals surface area contributed by atoms with Crippen LogP contribution in [0, 0.1) is 25.1 Å². The molecule has 3 aromatic rings. The average Bonchev–Trinajstić information content (AvgIpc) is 3.32. The number of hydrogen-bond donors (Lipinski definition) is 1. The predicted molar refractivity (Wildman–Crippen MR) is 147 cm³/mol. The molecule has 0 aliphatic heterocycles. The van der Waals surface area contributed by atoms with Gasteiger partial charge in [0, 0.05) is 23.7 Å². The Kier molecular flexibility index (Phi) is 8.84. The molecule has 1 atom stereocenters. The highest BCUT2D eigenvalue weighted by molar-refractivity contribution is 7.10. The maximum Gasteiger partial charge on any atom is 0.257 e. The maximum atomic E-state index is 14.3. The fourth-order valence-corrected chi connectivity index (χ4v) is 5.06. The van der Waals surface area contributed by atoms with Crippen molar-refractivity contribution in [1.82, 2.24) is 9.55 Å². The van der Waals surface area contributed by atoms with Gasteiger partial charge in [-0.3, -0.25) is 9.36 Å². The van der Waals surface area contributed by atoms with E-state index in [0.29, 0.717) is 30.6 Å². The molecule has 1 unspecified atom stereocenters. The van der Waals surface area contributed by atoms with Crippen LogP contribution in [0.3, 0.4) is 0 Å². The molecule has 1 N–H and O–H groups in total. The van der Waals surface area contributed by atoms with Crippen molar-refractivity contribution < 1.29 is 9.50 Å². The van der Waals surface area contributed by atoms with Crippen LogP contribution in [0.1, 0.15) is 61.2 Å².